The van der Waals surface area contributed by atoms with E-state index in [4.69, 9.17) is 21.1 Å². The molecule has 0 heterocycles. The van der Waals surface area contributed by atoms with Gasteiger partial charge in [0, 0.05) is 19.7 Å². The van der Waals surface area contributed by atoms with Gasteiger partial charge in [-0.15, -0.1) is 0 Å². The van der Waals surface area contributed by atoms with Gasteiger partial charge in [-0.25, -0.2) is 12.7 Å². The van der Waals surface area contributed by atoms with Gasteiger partial charge in [-0.1, -0.05) is 30.7 Å². The van der Waals surface area contributed by atoms with Crippen molar-refractivity contribution in [2.24, 2.45) is 0 Å². The number of carbonyl (C=O) groups is 1. The third-order valence-electron chi connectivity index (χ3n) is 4.45. The maximum Gasteiger partial charge on any atom is 0.251 e. The Bertz CT molecular complexity index is 991. The molecule has 0 spiro atoms. The van der Waals surface area contributed by atoms with Crippen LogP contribution in [-0.4, -0.2) is 46.4 Å². The minimum absolute atomic E-state index is 0.189. The van der Waals surface area contributed by atoms with E-state index in [0.29, 0.717) is 28.7 Å². The number of methoxy groups -OCH3 is 1. The zero-order valence-corrected chi connectivity index (χ0v) is 19.3. The Morgan fingerprint density at radius 2 is 1.83 bits per heavy atom. The molecule has 0 aliphatic carbocycles. The minimum Gasteiger partial charge on any atom is -0.493 e. The number of hydrogen-bond donors (Lipinski definition) is 1. The van der Waals surface area contributed by atoms with Crippen LogP contribution in [0.1, 0.15) is 42.2 Å². The zero-order valence-electron chi connectivity index (χ0n) is 17.7. The van der Waals surface area contributed by atoms with Crippen LogP contribution in [-0.2, 0) is 10.0 Å². The average Bonchev–Trinajstić information content (AvgIpc) is 2.72. The van der Waals surface area contributed by atoms with Crippen LogP contribution in [0.2, 0.25) is 5.02 Å². The summed E-state index contributed by atoms with van der Waals surface area (Å²) >= 11 is 6.29. The maximum atomic E-state index is 12.7. The standard InChI is InChI=1S/C21H27ClN2O5S/c1-6-11-29-20-18(22)12-16(13-19(20)28-5)21(25)23-14(2)15-7-9-17(10-8-15)30(26,27)24(3)4/h7-10,12-14H,6,11H2,1-5H3,(H,23,25). The normalized spacial score (nSPS) is 12.5. The second kappa shape index (κ2) is 10.1. The zero-order chi connectivity index (χ0) is 22.5. The van der Waals surface area contributed by atoms with Gasteiger partial charge in [0.2, 0.25) is 10.0 Å². The summed E-state index contributed by atoms with van der Waals surface area (Å²) in [4.78, 5) is 12.9. The van der Waals surface area contributed by atoms with Crippen molar-refractivity contribution in [3.63, 3.8) is 0 Å². The van der Waals surface area contributed by atoms with Crippen molar-refractivity contribution in [3.8, 4) is 11.5 Å². The fourth-order valence-corrected chi connectivity index (χ4v) is 3.86. The summed E-state index contributed by atoms with van der Waals surface area (Å²) in [6.07, 6.45) is 0.813. The number of sulfonamides is 1. The van der Waals surface area contributed by atoms with Crippen LogP contribution in [0.25, 0.3) is 0 Å². The molecule has 0 aromatic heterocycles. The van der Waals surface area contributed by atoms with Gasteiger partial charge >= 0.3 is 0 Å². The Hall–Kier alpha value is -2.29. The van der Waals surface area contributed by atoms with Crippen molar-refractivity contribution in [2.45, 2.75) is 31.2 Å². The first-order valence-electron chi connectivity index (χ1n) is 9.45. The second-order valence-corrected chi connectivity index (χ2v) is 9.45. The van der Waals surface area contributed by atoms with E-state index in [9.17, 15) is 13.2 Å². The summed E-state index contributed by atoms with van der Waals surface area (Å²) in [6.45, 7) is 4.27. The van der Waals surface area contributed by atoms with Crippen LogP contribution in [0.15, 0.2) is 41.3 Å². The molecule has 0 aliphatic rings. The molecule has 0 fully saturated rings. The van der Waals surface area contributed by atoms with Crippen molar-refractivity contribution >= 4 is 27.5 Å². The number of ether oxygens (including phenoxy) is 2. The Balaban J connectivity index is 2.18. The number of amides is 1. The van der Waals surface area contributed by atoms with Crippen LogP contribution in [0.4, 0.5) is 0 Å². The first kappa shape index (κ1) is 24.0. The molecule has 0 saturated heterocycles. The van der Waals surface area contributed by atoms with Crippen LogP contribution in [0.5, 0.6) is 11.5 Å². The smallest absolute Gasteiger partial charge is 0.251 e. The van der Waals surface area contributed by atoms with E-state index in [1.807, 2.05) is 13.8 Å². The summed E-state index contributed by atoms with van der Waals surface area (Å²) in [5.74, 6) is 0.449. The summed E-state index contributed by atoms with van der Waals surface area (Å²) in [5.41, 5.74) is 1.10. The first-order valence-corrected chi connectivity index (χ1v) is 11.3. The van der Waals surface area contributed by atoms with Crippen LogP contribution in [0, 0.1) is 0 Å². The Morgan fingerprint density at radius 1 is 1.20 bits per heavy atom. The van der Waals surface area contributed by atoms with Gasteiger partial charge in [0.25, 0.3) is 5.91 Å². The lowest BCUT2D eigenvalue weighted by atomic mass is 10.1. The minimum atomic E-state index is -3.50. The number of rotatable bonds is 9. The predicted octanol–water partition coefficient (Wildman–Crippen LogP) is 3.88. The van der Waals surface area contributed by atoms with Crippen molar-refractivity contribution in [2.75, 3.05) is 27.8 Å². The van der Waals surface area contributed by atoms with E-state index in [2.05, 4.69) is 5.32 Å². The Morgan fingerprint density at radius 3 is 2.37 bits per heavy atom. The molecule has 164 valence electrons. The molecule has 7 nitrogen and oxygen atoms in total. The van der Waals surface area contributed by atoms with Gasteiger partial charge in [-0.3, -0.25) is 4.79 Å². The molecule has 0 saturated carbocycles. The summed E-state index contributed by atoms with van der Waals surface area (Å²) in [5, 5.41) is 3.17. The lowest BCUT2D eigenvalue weighted by molar-refractivity contribution is 0.0939. The van der Waals surface area contributed by atoms with Crippen molar-refractivity contribution < 1.29 is 22.7 Å². The first-order chi connectivity index (χ1) is 14.1. The van der Waals surface area contributed by atoms with E-state index < -0.39 is 10.0 Å². The average molecular weight is 455 g/mol. The predicted molar refractivity (Wildman–Crippen MR) is 117 cm³/mol. The quantitative estimate of drug-likeness (QED) is 0.621. The third-order valence-corrected chi connectivity index (χ3v) is 6.56. The molecule has 1 unspecified atom stereocenters. The Kier molecular flexibility index (Phi) is 8.11. The lowest BCUT2D eigenvalue weighted by Gasteiger charge is -2.17. The fraction of sp³-hybridized carbons (Fsp3) is 0.381. The van der Waals surface area contributed by atoms with E-state index in [0.717, 1.165) is 16.3 Å². The number of hydrogen-bond acceptors (Lipinski definition) is 5. The molecule has 0 radical (unpaired) electrons. The molecule has 1 amide bonds. The van der Waals surface area contributed by atoms with Gasteiger partial charge in [-0.2, -0.15) is 0 Å². The van der Waals surface area contributed by atoms with Crippen molar-refractivity contribution in [3.05, 3.63) is 52.5 Å². The SMILES string of the molecule is CCCOc1c(Cl)cc(C(=O)NC(C)c2ccc(S(=O)(=O)N(C)C)cc2)cc1OC. The largest absolute Gasteiger partial charge is 0.493 e. The molecule has 1 N–H and O–H groups in total. The number of nitrogens with zero attached hydrogens (tertiary/aromatic N) is 1. The molecule has 0 aliphatic heterocycles. The lowest BCUT2D eigenvalue weighted by Crippen LogP contribution is -2.27. The number of halogens is 1. The van der Waals surface area contributed by atoms with Gasteiger partial charge in [0.1, 0.15) is 0 Å². The van der Waals surface area contributed by atoms with Gasteiger partial charge < -0.3 is 14.8 Å². The molecule has 1 atom stereocenters. The van der Waals surface area contributed by atoms with Crippen molar-refractivity contribution in [1.82, 2.24) is 9.62 Å². The Labute approximate surface area is 183 Å². The highest BCUT2D eigenvalue weighted by atomic mass is 35.5. The topological polar surface area (TPSA) is 84.9 Å². The van der Waals surface area contributed by atoms with Crippen LogP contribution >= 0.6 is 11.6 Å². The van der Waals surface area contributed by atoms with E-state index in [1.54, 1.807) is 18.2 Å². The van der Waals surface area contributed by atoms with Crippen LogP contribution in [0.3, 0.4) is 0 Å². The molecule has 30 heavy (non-hydrogen) atoms. The number of nitrogens with one attached hydrogen (secondary N) is 1. The van der Waals surface area contributed by atoms with E-state index in [-0.39, 0.29) is 16.8 Å². The molecule has 2 rings (SSSR count). The van der Waals surface area contributed by atoms with Crippen LogP contribution < -0.4 is 14.8 Å². The van der Waals surface area contributed by atoms with Crippen molar-refractivity contribution in [1.29, 1.82) is 0 Å². The van der Waals surface area contributed by atoms with Gasteiger partial charge in [0.05, 0.1) is 29.7 Å². The second-order valence-electron chi connectivity index (χ2n) is 6.89. The summed E-state index contributed by atoms with van der Waals surface area (Å²) in [7, 11) is 0.934. The van der Waals surface area contributed by atoms with E-state index >= 15 is 0 Å². The van der Waals surface area contributed by atoms with E-state index in [1.165, 1.54) is 39.4 Å². The number of benzene rings is 2. The third kappa shape index (κ3) is 5.44. The molecule has 2 aromatic carbocycles. The molecular formula is C21H27ClN2O5S. The maximum absolute atomic E-state index is 12.7. The number of carbonyl (C=O) groups excluding carboxylic acids is 1. The highest BCUT2D eigenvalue weighted by Crippen LogP contribution is 2.36. The highest BCUT2D eigenvalue weighted by molar-refractivity contribution is 7.89. The molecule has 0 bridgehead atoms. The molecule has 2 aromatic rings. The monoisotopic (exact) mass is 454 g/mol. The van der Waals surface area contributed by atoms with Gasteiger partial charge in [-0.05, 0) is 43.2 Å². The summed E-state index contributed by atoms with van der Waals surface area (Å²) in [6, 6.07) is 9.15. The fourth-order valence-electron chi connectivity index (χ4n) is 2.70. The summed E-state index contributed by atoms with van der Waals surface area (Å²) < 4.78 is 36.4. The molecular weight excluding hydrogens is 428 g/mol. The molecule has 9 heteroatoms. The van der Waals surface area contributed by atoms with Gasteiger partial charge in [0.15, 0.2) is 11.5 Å². The highest BCUT2D eigenvalue weighted by Gasteiger charge is 2.20.